The molecule has 0 amide bonds. The molecule has 0 spiro atoms. The van der Waals surface area contributed by atoms with Crippen molar-refractivity contribution < 1.29 is 9.47 Å². The van der Waals surface area contributed by atoms with E-state index in [4.69, 9.17) is 9.47 Å². The molecule has 1 unspecified atom stereocenters. The summed E-state index contributed by atoms with van der Waals surface area (Å²) in [6, 6.07) is 9.21. The molecule has 0 aliphatic heterocycles. The van der Waals surface area contributed by atoms with Gasteiger partial charge in [-0.1, -0.05) is 12.1 Å². The molecular formula is C18H27NO2. The van der Waals surface area contributed by atoms with Crippen LogP contribution in [-0.4, -0.2) is 32.9 Å². The number of ether oxygens (including phenoxy) is 2. The lowest BCUT2D eigenvalue weighted by Crippen LogP contribution is -2.29. The molecule has 3 nitrogen and oxygen atoms in total. The van der Waals surface area contributed by atoms with Crippen LogP contribution in [0.3, 0.4) is 0 Å². The first-order valence-corrected chi connectivity index (χ1v) is 8.27. The van der Waals surface area contributed by atoms with Crippen molar-refractivity contribution >= 4 is 0 Å². The number of methoxy groups -OCH3 is 1. The lowest BCUT2D eigenvalue weighted by Gasteiger charge is -2.18. The Hall–Kier alpha value is -1.06. The topological polar surface area (TPSA) is 30.5 Å². The van der Waals surface area contributed by atoms with Gasteiger partial charge in [-0.05, 0) is 61.6 Å². The van der Waals surface area contributed by atoms with E-state index >= 15 is 0 Å². The highest BCUT2D eigenvalue weighted by molar-refractivity contribution is 5.27. The van der Waals surface area contributed by atoms with Crippen molar-refractivity contribution in [1.82, 2.24) is 5.32 Å². The predicted molar refractivity (Wildman–Crippen MR) is 84.8 cm³/mol. The van der Waals surface area contributed by atoms with E-state index in [-0.39, 0.29) is 0 Å². The van der Waals surface area contributed by atoms with Gasteiger partial charge in [0, 0.05) is 19.2 Å². The molecule has 0 aromatic heterocycles. The van der Waals surface area contributed by atoms with Crippen molar-refractivity contribution in [2.24, 2.45) is 11.8 Å². The van der Waals surface area contributed by atoms with Crippen LogP contribution in [0, 0.1) is 11.8 Å². The van der Waals surface area contributed by atoms with Gasteiger partial charge in [-0.2, -0.15) is 0 Å². The van der Waals surface area contributed by atoms with E-state index < -0.39 is 0 Å². The maximum Gasteiger partial charge on any atom is 0.118 e. The molecular weight excluding hydrogens is 262 g/mol. The van der Waals surface area contributed by atoms with Crippen LogP contribution in [0.4, 0.5) is 0 Å². The minimum Gasteiger partial charge on any atom is -0.497 e. The third-order valence-electron chi connectivity index (χ3n) is 4.36. The van der Waals surface area contributed by atoms with Crippen LogP contribution >= 0.6 is 0 Å². The van der Waals surface area contributed by atoms with E-state index in [0.717, 1.165) is 43.9 Å². The molecule has 3 rings (SSSR count). The van der Waals surface area contributed by atoms with Gasteiger partial charge in [0.05, 0.1) is 13.7 Å². The average Bonchev–Trinajstić information content (AvgIpc) is 3.39. The minimum atomic E-state index is 0.567. The molecule has 2 aliphatic carbocycles. The SMILES string of the molecule is COc1ccc(CC(CNC2CC2)COCC2CC2)cc1. The molecule has 2 saturated carbocycles. The van der Waals surface area contributed by atoms with E-state index in [0.29, 0.717) is 5.92 Å². The monoisotopic (exact) mass is 289 g/mol. The third-order valence-corrected chi connectivity index (χ3v) is 4.36. The van der Waals surface area contributed by atoms with Crippen molar-refractivity contribution in [3.05, 3.63) is 29.8 Å². The third kappa shape index (κ3) is 5.33. The second-order valence-electron chi connectivity index (χ2n) is 6.58. The van der Waals surface area contributed by atoms with Crippen LogP contribution < -0.4 is 10.1 Å². The number of nitrogens with one attached hydrogen (secondary N) is 1. The second-order valence-corrected chi connectivity index (χ2v) is 6.58. The summed E-state index contributed by atoms with van der Waals surface area (Å²) >= 11 is 0. The number of rotatable bonds is 10. The van der Waals surface area contributed by atoms with Crippen LogP contribution in [0.15, 0.2) is 24.3 Å². The zero-order valence-electron chi connectivity index (χ0n) is 13.0. The first kappa shape index (κ1) is 14.9. The largest absolute Gasteiger partial charge is 0.497 e. The minimum absolute atomic E-state index is 0.567. The molecule has 0 saturated heterocycles. The molecule has 21 heavy (non-hydrogen) atoms. The highest BCUT2D eigenvalue weighted by Gasteiger charge is 2.24. The first-order valence-electron chi connectivity index (χ1n) is 8.27. The van der Waals surface area contributed by atoms with Gasteiger partial charge in [-0.3, -0.25) is 0 Å². The smallest absolute Gasteiger partial charge is 0.118 e. The Morgan fingerprint density at radius 3 is 2.52 bits per heavy atom. The van der Waals surface area contributed by atoms with Crippen LogP contribution in [0.2, 0.25) is 0 Å². The molecule has 1 atom stereocenters. The lowest BCUT2D eigenvalue weighted by atomic mass is 10.00. The fraction of sp³-hybridized carbons (Fsp3) is 0.667. The van der Waals surface area contributed by atoms with Crippen LogP contribution in [0.5, 0.6) is 5.75 Å². The first-order chi connectivity index (χ1) is 10.3. The summed E-state index contributed by atoms with van der Waals surface area (Å²) in [5.74, 6) is 2.34. The molecule has 116 valence electrons. The summed E-state index contributed by atoms with van der Waals surface area (Å²) in [5, 5.41) is 3.65. The van der Waals surface area contributed by atoms with E-state index in [9.17, 15) is 0 Å². The Bertz CT molecular complexity index is 423. The zero-order valence-corrected chi connectivity index (χ0v) is 13.0. The van der Waals surface area contributed by atoms with E-state index in [2.05, 4.69) is 17.4 Å². The van der Waals surface area contributed by atoms with Crippen molar-refractivity contribution in [1.29, 1.82) is 0 Å². The Morgan fingerprint density at radius 1 is 1.14 bits per heavy atom. The van der Waals surface area contributed by atoms with Gasteiger partial charge in [0.15, 0.2) is 0 Å². The Balaban J connectivity index is 1.47. The molecule has 3 heteroatoms. The molecule has 0 heterocycles. The summed E-state index contributed by atoms with van der Waals surface area (Å²) in [4.78, 5) is 0. The Labute approximate surface area is 128 Å². The molecule has 1 aromatic rings. The maximum absolute atomic E-state index is 5.92. The molecule has 1 N–H and O–H groups in total. The van der Waals surface area contributed by atoms with Gasteiger partial charge < -0.3 is 14.8 Å². The average molecular weight is 289 g/mol. The number of benzene rings is 1. The molecule has 2 fully saturated rings. The summed E-state index contributed by atoms with van der Waals surface area (Å²) in [6.07, 6.45) is 6.50. The fourth-order valence-electron chi connectivity index (χ4n) is 2.59. The van der Waals surface area contributed by atoms with E-state index in [1.807, 2.05) is 12.1 Å². The zero-order chi connectivity index (χ0) is 14.5. The second kappa shape index (κ2) is 7.28. The summed E-state index contributed by atoms with van der Waals surface area (Å²) in [6.45, 7) is 2.91. The van der Waals surface area contributed by atoms with Crippen LogP contribution in [0.25, 0.3) is 0 Å². The molecule has 2 aliphatic rings. The van der Waals surface area contributed by atoms with Crippen LogP contribution in [0.1, 0.15) is 31.2 Å². The van der Waals surface area contributed by atoms with Crippen molar-refractivity contribution in [2.45, 2.75) is 38.1 Å². The van der Waals surface area contributed by atoms with Gasteiger partial charge in [0.25, 0.3) is 0 Å². The van der Waals surface area contributed by atoms with Gasteiger partial charge in [0.2, 0.25) is 0 Å². The normalized spacial score (nSPS) is 19.5. The maximum atomic E-state index is 5.92. The summed E-state index contributed by atoms with van der Waals surface area (Å²) in [7, 11) is 1.71. The van der Waals surface area contributed by atoms with Gasteiger partial charge in [-0.15, -0.1) is 0 Å². The molecule has 0 radical (unpaired) electrons. The molecule has 0 bridgehead atoms. The summed E-state index contributed by atoms with van der Waals surface area (Å²) in [5.41, 5.74) is 1.37. The highest BCUT2D eigenvalue weighted by Crippen LogP contribution is 2.29. The Morgan fingerprint density at radius 2 is 1.90 bits per heavy atom. The van der Waals surface area contributed by atoms with Crippen molar-refractivity contribution in [3.8, 4) is 5.75 Å². The van der Waals surface area contributed by atoms with Crippen molar-refractivity contribution in [3.63, 3.8) is 0 Å². The summed E-state index contributed by atoms with van der Waals surface area (Å²) < 4.78 is 11.1. The Kier molecular flexibility index (Phi) is 5.15. The number of hydrogen-bond donors (Lipinski definition) is 1. The quantitative estimate of drug-likeness (QED) is 0.718. The lowest BCUT2D eigenvalue weighted by molar-refractivity contribution is 0.0906. The highest BCUT2D eigenvalue weighted by atomic mass is 16.5. The standard InChI is InChI=1S/C18H27NO2/c1-20-18-8-4-14(5-9-18)10-16(11-19-17-6-7-17)13-21-12-15-2-3-15/h4-5,8-9,15-17,19H,2-3,6-7,10-13H2,1H3. The molecule has 1 aromatic carbocycles. The number of hydrogen-bond acceptors (Lipinski definition) is 3. The van der Waals surface area contributed by atoms with Gasteiger partial charge in [0.1, 0.15) is 5.75 Å². The van der Waals surface area contributed by atoms with Gasteiger partial charge in [-0.25, -0.2) is 0 Å². The van der Waals surface area contributed by atoms with E-state index in [1.165, 1.54) is 31.2 Å². The fourth-order valence-corrected chi connectivity index (χ4v) is 2.59. The van der Waals surface area contributed by atoms with Gasteiger partial charge >= 0.3 is 0 Å². The van der Waals surface area contributed by atoms with Crippen LogP contribution in [-0.2, 0) is 11.2 Å². The van der Waals surface area contributed by atoms with Crippen molar-refractivity contribution in [2.75, 3.05) is 26.9 Å². The predicted octanol–water partition coefficient (Wildman–Crippen LogP) is 3.03. The van der Waals surface area contributed by atoms with E-state index in [1.54, 1.807) is 7.11 Å².